The number of nitrogens with one attached hydrogen (secondary N) is 1. The number of aryl methyl sites for hydroxylation is 1. The van der Waals surface area contributed by atoms with Crippen LogP contribution in [-0.2, 0) is 16.1 Å². The number of benzene rings is 1. The third kappa shape index (κ3) is 4.13. The molecule has 110 valence electrons. The lowest BCUT2D eigenvalue weighted by molar-refractivity contribution is -0.143. The van der Waals surface area contributed by atoms with Crippen LogP contribution in [0.5, 0.6) is 0 Å². The van der Waals surface area contributed by atoms with Crippen molar-refractivity contribution in [2.75, 3.05) is 11.9 Å². The van der Waals surface area contributed by atoms with Crippen LogP contribution in [0.15, 0.2) is 35.7 Å². The van der Waals surface area contributed by atoms with Gasteiger partial charge in [0.1, 0.15) is 0 Å². The molecule has 5 nitrogen and oxygen atoms in total. The molecule has 1 aromatic carbocycles. The van der Waals surface area contributed by atoms with E-state index in [0.717, 1.165) is 11.3 Å². The molecule has 0 bridgehead atoms. The zero-order chi connectivity index (χ0) is 15.2. The molecule has 0 aliphatic heterocycles. The second-order valence-corrected chi connectivity index (χ2v) is 5.41. The minimum absolute atomic E-state index is 0.417. The predicted molar refractivity (Wildman–Crippen MR) is 83.0 cm³/mol. The quantitative estimate of drug-likeness (QED) is 0.882. The summed E-state index contributed by atoms with van der Waals surface area (Å²) in [5, 5.41) is 4.81. The van der Waals surface area contributed by atoms with Gasteiger partial charge in [0.05, 0.1) is 5.69 Å². The highest BCUT2D eigenvalue weighted by Gasteiger charge is 2.21. The van der Waals surface area contributed by atoms with Crippen molar-refractivity contribution >= 4 is 28.3 Å². The zero-order valence-corrected chi connectivity index (χ0v) is 12.8. The van der Waals surface area contributed by atoms with Crippen molar-refractivity contribution in [2.24, 2.45) is 0 Å². The van der Waals surface area contributed by atoms with Gasteiger partial charge in [-0.1, -0.05) is 30.3 Å². The van der Waals surface area contributed by atoms with Gasteiger partial charge in [-0.2, -0.15) is 0 Å². The summed E-state index contributed by atoms with van der Waals surface area (Å²) in [4.78, 5) is 29.8. The molecule has 2 rings (SSSR count). The third-order valence-corrected chi connectivity index (χ3v) is 3.79. The van der Waals surface area contributed by atoms with Gasteiger partial charge in [-0.3, -0.25) is 14.9 Å². The Morgan fingerprint density at radius 2 is 2.00 bits per heavy atom. The number of amides is 2. The lowest BCUT2D eigenvalue weighted by Crippen LogP contribution is -2.39. The van der Waals surface area contributed by atoms with Gasteiger partial charge in [0.25, 0.3) is 0 Å². The van der Waals surface area contributed by atoms with E-state index in [1.165, 1.54) is 16.2 Å². The minimum atomic E-state index is -0.651. The highest BCUT2D eigenvalue weighted by molar-refractivity contribution is 7.14. The Morgan fingerprint density at radius 1 is 1.29 bits per heavy atom. The molecular weight excluding hydrogens is 286 g/mol. The number of carbonyl (C=O) groups is 2. The van der Waals surface area contributed by atoms with Gasteiger partial charge >= 0.3 is 11.8 Å². The molecule has 0 atom stereocenters. The fourth-order valence-electron chi connectivity index (χ4n) is 1.84. The first-order valence-corrected chi connectivity index (χ1v) is 7.54. The highest BCUT2D eigenvalue weighted by atomic mass is 32.1. The van der Waals surface area contributed by atoms with E-state index in [1.807, 2.05) is 49.6 Å². The van der Waals surface area contributed by atoms with E-state index < -0.39 is 11.8 Å². The number of carbonyl (C=O) groups excluding carboxylic acids is 2. The first-order valence-electron chi connectivity index (χ1n) is 6.66. The van der Waals surface area contributed by atoms with E-state index in [2.05, 4.69) is 10.3 Å². The van der Waals surface area contributed by atoms with Crippen molar-refractivity contribution in [3.8, 4) is 0 Å². The molecule has 6 heteroatoms. The normalized spacial score (nSPS) is 10.2. The lowest BCUT2D eigenvalue weighted by Gasteiger charge is -2.19. The summed E-state index contributed by atoms with van der Waals surface area (Å²) in [6, 6.07) is 9.59. The molecule has 0 saturated heterocycles. The maximum atomic E-state index is 12.2. The van der Waals surface area contributed by atoms with E-state index in [4.69, 9.17) is 0 Å². The van der Waals surface area contributed by atoms with Gasteiger partial charge in [0, 0.05) is 18.5 Å². The molecule has 0 aliphatic carbocycles. The van der Waals surface area contributed by atoms with Gasteiger partial charge in [0.15, 0.2) is 5.13 Å². The Morgan fingerprint density at radius 3 is 2.57 bits per heavy atom. The van der Waals surface area contributed by atoms with E-state index >= 15 is 0 Å². The minimum Gasteiger partial charge on any atom is -0.330 e. The fraction of sp³-hybridized carbons (Fsp3) is 0.267. The fourth-order valence-corrected chi connectivity index (χ4v) is 2.52. The highest BCUT2D eigenvalue weighted by Crippen LogP contribution is 2.14. The molecule has 0 unspecified atom stereocenters. The SMILES string of the molecule is CCN(Cc1ccccc1)C(=O)C(=O)Nc1nc(C)cs1. The summed E-state index contributed by atoms with van der Waals surface area (Å²) in [5.74, 6) is -1.20. The molecule has 21 heavy (non-hydrogen) atoms. The van der Waals surface area contributed by atoms with Crippen LogP contribution >= 0.6 is 11.3 Å². The summed E-state index contributed by atoms with van der Waals surface area (Å²) in [5.41, 5.74) is 1.81. The summed E-state index contributed by atoms with van der Waals surface area (Å²) < 4.78 is 0. The van der Waals surface area contributed by atoms with Gasteiger partial charge in [-0.05, 0) is 19.4 Å². The van der Waals surface area contributed by atoms with Gasteiger partial charge < -0.3 is 4.90 Å². The Balaban J connectivity index is 2.00. The number of thiazole rings is 1. The van der Waals surface area contributed by atoms with Crippen molar-refractivity contribution in [3.63, 3.8) is 0 Å². The predicted octanol–water partition coefficient (Wildman–Crippen LogP) is 2.44. The zero-order valence-electron chi connectivity index (χ0n) is 12.0. The molecule has 0 saturated carbocycles. The standard InChI is InChI=1S/C15H17N3O2S/c1-3-18(9-12-7-5-4-6-8-12)14(20)13(19)17-15-16-11(2)10-21-15/h4-8,10H,3,9H2,1-2H3,(H,16,17,19). The molecule has 0 aliphatic rings. The van der Waals surface area contributed by atoms with E-state index in [1.54, 1.807) is 0 Å². The van der Waals surface area contributed by atoms with Crippen LogP contribution in [0, 0.1) is 6.92 Å². The molecule has 1 heterocycles. The largest absolute Gasteiger partial charge is 0.330 e. The van der Waals surface area contributed by atoms with Crippen molar-refractivity contribution in [3.05, 3.63) is 47.0 Å². The average molecular weight is 303 g/mol. The second kappa shape index (κ2) is 6.99. The van der Waals surface area contributed by atoms with Crippen LogP contribution in [0.4, 0.5) is 5.13 Å². The third-order valence-electron chi connectivity index (χ3n) is 2.92. The van der Waals surface area contributed by atoms with E-state index in [9.17, 15) is 9.59 Å². The smallest absolute Gasteiger partial charge is 0.315 e. The van der Waals surface area contributed by atoms with Crippen LogP contribution in [0.3, 0.4) is 0 Å². The van der Waals surface area contributed by atoms with Gasteiger partial charge in [-0.25, -0.2) is 4.98 Å². The van der Waals surface area contributed by atoms with Crippen molar-refractivity contribution < 1.29 is 9.59 Å². The molecule has 1 aromatic heterocycles. The van der Waals surface area contributed by atoms with Crippen LogP contribution in [-0.4, -0.2) is 28.2 Å². The Hall–Kier alpha value is -2.21. The number of anilines is 1. The van der Waals surface area contributed by atoms with E-state index in [-0.39, 0.29) is 0 Å². The number of hydrogen-bond acceptors (Lipinski definition) is 4. The number of nitrogens with zero attached hydrogens (tertiary/aromatic N) is 2. The first-order chi connectivity index (χ1) is 10.1. The van der Waals surface area contributed by atoms with Gasteiger partial charge in [-0.15, -0.1) is 11.3 Å². The molecule has 0 fully saturated rings. The molecule has 0 radical (unpaired) electrons. The lowest BCUT2D eigenvalue weighted by atomic mass is 10.2. The molecule has 0 spiro atoms. The number of hydrogen-bond donors (Lipinski definition) is 1. The molecular formula is C15H17N3O2S. The van der Waals surface area contributed by atoms with Crippen molar-refractivity contribution in [1.29, 1.82) is 0 Å². The monoisotopic (exact) mass is 303 g/mol. The Bertz CT molecular complexity index is 625. The molecule has 2 amide bonds. The summed E-state index contributed by atoms with van der Waals surface area (Å²) >= 11 is 1.30. The number of likely N-dealkylation sites (N-methyl/N-ethyl adjacent to an activating group) is 1. The van der Waals surface area contributed by atoms with Crippen molar-refractivity contribution in [1.82, 2.24) is 9.88 Å². The van der Waals surface area contributed by atoms with Crippen molar-refractivity contribution in [2.45, 2.75) is 20.4 Å². The Kier molecular flexibility index (Phi) is 5.05. The summed E-state index contributed by atoms with van der Waals surface area (Å²) in [7, 11) is 0. The van der Waals surface area contributed by atoms with E-state index in [0.29, 0.717) is 18.2 Å². The number of rotatable bonds is 4. The average Bonchev–Trinajstić information content (AvgIpc) is 2.90. The molecule has 1 N–H and O–H groups in total. The molecule has 2 aromatic rings. The maximum Gasteiger partial charge on any atom is 0.315 e. The van der Waals surface area contributed by atoms with Gasteiger partial charge in [0.2, 0.25) is 0 Å². The summed E-state index contributed by atoms with van der Waals surface area (Å²) in [6.45, 7) is 4.57. The maximum absolute atomic E-state index is 12.2. The van der Waals surface area contributed by atoms with Crippen LogP contribution in [0.25, 0.3) is 0 Å². The summed E-state index contributed by atoms with van der Waals surface area (Å²) in [6.07, 6.45) is 0. The second-order valence-electron chi connectivity index (χ2n) is 4.55. The number of aromatic nitrogens is 1. The van der Waals surface area contributed by atoms with Crippen LogP contribution in [0.2, 0.25) is 0 Å². The topological polar surface area (TPSA) is 62.3 Å². The van der Waals surface area contributed by atoms with Crippen LogP contribution < -0.4 is 5.32 Å². The first kappa shape index (κ1) is 15.2. The van der Waals surface area contributed by atoms with Crippen LogP contribution in [0.1, 0.15) is 18.2 Å². The Labute approximate surface area is 127 Å².